The van der Waals surface area contributed by atoms with E-state index in [4.69, 9.17) is 21.4 Å². The summed E-state index contributed by atoms with van der Waals surface area (Å²) in [4.78, 5) is 25.5. The third-order valence-electron chi connectivity index (χ3n) is 4.80. The van der Waals surface area contributed by atoms with Crippen LogP contribution in [0, 0.1) is 0 Å². The van der Waals surface area contributed by atoms with E-state index in [1.165, 1.54) is 5.56 Å². The molecule has 7 heteroatoms. The van der Waals surface area contributed by atoms with Crippen LogP contribution in [0.4, 0.5) is 10.5 Å². The molecule has 0 saturated carbocycles. The maximum atomic E-state index is 13.0. The van der Waals surface area contributed by atoms with Gasteiger partial charge in [0.2, 0.25) is 5.91 Å². The number of nitrogens with one attached hydrogen (secondary N) is 1. The Labute approximate surface area is 182 Å². The zero-order valence-corrected chi connectivity index (χ0v) is 18.2. The van der Waals surface area contributed by atoms with Crippen molar-refractivity contribution in [2.75, 3.05) is 31.7 Å². The zero-order chi connectivity index (χ0) is 21.9. The van der Waals surface area contributed by atoms with Crippen LogP contribution >= 0.6 is 11.6 Å². The molecule has 0 aliphatic carbocycles. The molecule has 0 aliphatic heterocycles. The second-order valence-corrected chi connectivity index (χ2v) is 7.32. The summed E-state index contributed by atoms with van der Waals surface area (Å²) in [5, 5.41) is 11.6. The van der Waals surface area contributed by atoms with E-state index < -0.39 is 6.09 Å². The summed E-state index contributed by atoms with van der Waals surface area (Å²) >= 11 is 6.59. The van der Waals surface area contributed by atoms with Gasteiger partial charge < -0.3 is 20.1 Å². The fourth-order valence-electron chi connectivity index (χ4n) is 3.28. The molecule has 30 heavy (non-hydrogen) atoms. The molecular formula is C23H29ClN2O4. The Hall–Kier alpha value is -2.57. The third-order valence-corrected chi connectivity index (χ3v) is 5.12. The Bertz CT molecular complexity index is 857. The van der Waals surface area contributed by atoms with E-state index in [1.807, 2.05) is 30.3 Å². The van der Waals surface area contributed by atoms with Crippen LogP contribution in [0.5, 0.6) is 0 Å². The van der Waals surface area contributed by atoms with E-state index in [0.29, 0.717) is 18.2 Å². The molecule has 0 bridgehead atoms. The van der Waals surface area contributed by atoms with Gasteiger partial charge in [-0.05, 0) is 42.5 Å². The van der Waals surface area contributed by atoms with Gasteiger partial charge in [-0.1, -0.05) is 48.9 Å². The fourth-order valence-corrected chi connectivity index (χ4v) is 3.56. The van der Waals surface area contributed by atoms with Gasteiger partial charge >= 0.3 is 6.09 Å². The van der Waals surface area contributed by atoms with Gasteiger partial charge in [0.25, 0.3) is 0 Å². The Morgan fingerprint density at radius 1 is 1.17 bits per heavy atom. The van der Waals surface area contributed by atoms with Crippen LogP contribution in [-0.2, 0) is 16.0 Å². The van der Waals surface area contributed by atoms with Crippen molar-refractivity contribution < 1.29 is 19.4 Å². The largest absolute Gasteiger partial charge is 0.465 e. The molecule has 0 atom stereocenters. The Kier molecular flexibility index (Phi) is 9.64. The molecule has 0 spiro atoms. The van der Waals surface area contributed by atoms with Crippen LogP contribution in [0.15, 0.2) is 42.5 Å². The SMILES string of the molecule is CCc1cccc(-c2c(Cl)cccc2N(CCCCOC)C(=O)CCNC(=O)O)c1. The van der Waals surface area contributed by atoms with Gasteiger partial charge in [-0.2, -0.15) is 0 Å². The molecule has 0 heterocycles. The van der Waals surface area contributed by atoms with Crippen molar-refractivity contribution in [1.82, 2.24) is 5.32 Å². The minimum Gasteiger partial charge on any atom is -0.465 e. The molecule has 6 nitrogen and oxygen atoms in total. The number of methoxy groups -OCH3 is 1. The number of halogens is 1. The average Bonchev–Trinajstić information content (AvgIpc) is 2.73. The molecule has 2 aromatic carbocycles. The smallest absolute Gasteiger partial charge is 0.404 e. The highest BCUT2D eigenvalue weighted by atomic mass is 35.5. The van der Waals surface area contributed by atoms with Crippen LogP contribution in [0.25, 0.3) is 11.1 Å². The number of carbonyl (C=O) groups excluding carboxylic acids is 1. The zero-order valence-electron chi connectivity index (χ0n) is 17.5. The van der Waals surface area contributed by atoms with Crippen molar-refractivity contribution in [2.24, 2.45) is 0 Å². The molecule has 0 aromatic heterocycles. The van der Waals surface area contributed by atoms with E-state index in [0.717, 1.165) is 36.1 Å². The van der Waals surface area contributed by atoms with Crippen molar-refractivity contribution in [2.45, 2.75) is 32.6 Å². The standard InChI is InChI=1S/C23H29ClN2O4/c1-3-17-8-6-9-18(16-17)22-19(24)10-7-11-20(22)26(14-4-5-15-30-2)21(27)12-13-25-23(28)29/h6-11,16,25H,3-5,12-15H2,1-2H3,(H,28,29). The summed E-state index contributed by atoms with van der Waals surface area (Å²) in [6.45, 7) is 3.26. The van der Waals surface area contributed by atoms with Crippen molar-refractivity contribution >= 4 is 29.3 Å². The van der Waals surface area contributed by atoms with Gasteiger partial charge in [-0.15, -0.1) is 0 Å². The van der Waals surface area contributed by atoms with Crippen LogP contribution in [0.1, 0.15) is 31.7 Å². The van der Waals surface area contributed by atoms with Crippen LogP contribution in [0.3, 0.4) is 0 Å². The number of carboxylic acid groups (broad SMARTS) is 1. The van der Waals surface area contributed by atoms with E-state index in [1.54, 1.807) is 12.0 Å². The van der Waals surface area contributed by atoms with Crippen LogP contribution in [0.2, 0.25) is 5.02 Å². The van der Waals surface area contributed by atoms with Crippen molar-refractivity contribution in [3.63, 3.8) is 0 Å². The average molecular weight is 433 g/mol. The minimum atomic E-state index is -1.14. The topological polar surface area (TPSA) is 78.9 Å². The first-order valence-electron chi connectivity index (χ1n) is 10.1. The number of rotatable bonds is 11. The summed E-state index contributed by atoms with van der Waals surface area (Å²) in [5.41, 5.74) is 3.67. The minimum absolute atomic E-state index is 0.0595. The predicted molar refractivity (Wildman–Crippen MR) is 120 cm³/mol. The number of benzene rings is 2. The molecule has 0 unspecified atom stereocenters. The Morgan fingerprint density at radius 2 is 1.93 bits per heavy atom. The van der Waals surface area contributed by atoms with Gasteiger partial charge in [-0.25, -0.2) is 4.79 Å². The molecule has 2 rings (SSSR count). The fraction of sp³-hybridized carbons (Fsp3) is 0.391. The molecule has 0 fully saturated rings. The van der Waals surface area contributed by atoms with E-state index in [-0.39, 0.29) is 18.9 Å². The third kappa shape index (κ3) is 6.75. The molecule has 0 radical (unpaired) electrons. The molecule has 2 aromatic rings. The van der Waals surface area contributed by atoms with Crippen molar-refractivity contribution in [1.29, 1.82) is 0 Å². The second-order valence-electron chi connectivity index (χ2n) is 6.92. The normalized spacial score (nSPS) is 10.6. The van der Waals surface area contributed by atoms with Gasteiger partial charge in [0, 0.05) is 38.8 Å². The summed E-state index contributed by atoms with van der Waals surface area (Å²) in [6.07, 6.45) is 1.39. The number of unbranched alkanes of at least 4 members (excludes halogenated alkanes) is 1. The lowest BCUT2D eigenvalue weighted by Crippen LogP contribution is -2.35. The number of aryl methyl sites for hydroxylation is 1. The van der Waals surface area contributed by atoms with Gasteiger partial charge in [0.15, 0.2) is 0 Å². The Morgan fingerprint density at radius 3 is 2.63 bits per heavy atom. The summed E-state index contributed by atoms with van der Waals surface area (Å²) < 4.78 is 5.12. The molecule has 2 amide bonds. The molecule has 2 N–H and O–H groups in total. The highest BCUT2D eigenvalue weighted by Gasteiger charge is 2.21. The first-order valence-corrected chi connectivity index (χ1v) is 10.5. The number of hydrogen-bond acceptors (Lipinski definition) is 3. The molecule has 162 valence electrons. The van der Waals surface area contributed by atoms with Gasteiger partial charge in [-0.3, -0.25) is 4.79 Å². The van der Waals surface area contributed by atoms with Crippen molar-refractivity contribution in [3.8, 4) is 11.1 Å². The number of ether oxygens (including phenoxy) is 1. The first-order chi connectivity index (χ1) is 14.5. The number of amides is 2. The molecule has 0 saturated heterocycles. The highest BCUT2D eigenvalue weighted by molar-refractivity contribution is 6.34. The lowest BCUT2D eigenvalue weighted by atomic mass is 9.99. The first kappa shape index (κ1) is 23.7. The number of carbonyl (C=O) groups is 2. The van der Waals surface area contributed by atoms with Crippen LogP contribution in [-0.4, -0.2) is 43.9 Å². The number of nitrogens with zero attached hydrogens (tertiary/aromatic N) is 1. The van der Waals surface area contributed by atoms with E-state index >= 15 is 0 Å². The van der Waals surface area contributed by atoms with Gasteiger partial charge in [0.1, 0.15) is 0 Å². The van der Waals surface area contributed by atoms with E-state index in [2.05, 4.69) is 24.4 Å². The van der Waals surface area contributed by atoms with Gasteiger partial charge in [0.05, 0.1) is 10.7 Å². The predicted octanol–water partition coefficient (Wildman–Crippen LogP) is 4.99. The molecular weight excluding hydrogens is 404 g/mol. The maximum Gasteiger partial charge on any atom is 0.404 e. The summed E-state index contributed by atoms with van der Waals surface area (Å²) in [5.74, 6) is -0.156. The van der Waals surface area contributed by atoms with Crippen LogP contribution < -0.4 is 10.2 Å². The number of anilines is 1. The quantitative estimate of drug-likeness (QED) is 0.490. The summed E-state index contributed by atoms with van der Waals surface area (Å²) in [7, 11) is 1.65. The maximum absolute atomic E-state index is 13.0. The lowest BCUT2D eigenvalue weighted by Gasteiger charge is -2.26. The highest BCUT2D eigenvalue weighted by Crippen LogP contribution is 2.38. The lowest BCUT2D eigenvalue weighted by molar-refractivity contribution is -0.118. The Balaban J connectivity index is 2.39. The monoisotopic (exact) mass is 432 g/mol. The molecule has 0 aliphatic rings. The summed E-state index contributed by atoms with van der Waals surface area (Å²) in [6, 6.07) is 13.7. The van der Waals surface area contributed by atoms with Crippen molar-refractivity contribution in [3.05, 3.63) is 53.1 Å². The number of hydrogen-bond donors (Lipinski definition) is 2. The van der Waals surface area contributed by atoms with E-state index in [9.17, 15) is 9.59 Å². The second kappa shape index (κ2) is 12.2.